The van der Waals surface area contributed by atoms with E-state index in [0.29, 0.717) is 12.5 Å². The minimum Gasteiger partial charge on any atom is -0.335 e. The lowest BCUT2D eigenvalue weighted by Gasteiger charge is -2.27. The van der Waals surface area contributed by atoms with Crippen LogP contribution in [0.5, 0.6) is 0 Å². The van der Waals surface area contributed by atoms with Gasteiger partial charge in [-0.15, -0.1) is 0 Å². The van der Waals surface area contributed by atoms with E-state index in [1.165, 1.54) is 0 Å². The van der Waals surface area contributed by atoms with E-state index >= 15 is 0 Å². The number of hydrazine groups is 1. The number of rotatable bonds is 3. The number of amides is 1. The van der Waals surface area contributed by atoms with Gasteiger partial charge in [-0.05, 0) is 38.0 Å². The standard InChI is InChI=1S/C13H22N4O/c1-10-5-4-8-17(13(18)12(10)14-2)9-11-6-3-7-15-16-11/h3,6-7,10,12,14-16H,4-5,8-9H2,1-2H3. The Hall–Kier alpha value is -1.49. The summed E-state index contributed by atoms with van der Waals surface area (Å²) in [6, 6.07) is -0.0554. The third-order valence-corrected chi connectivity index (χ3v) is 3.62. The molecule has 1 saturated heterocycles. The van der Waals surface area contributed by atoms with Gasteiger partial charge in [0, 0.05) is 12.7 Å². The maximum atomic E-state index is 12.4. The molecule has 100 valence electrons. The number of carbonyl (C=O) groups excluding carboxylic acids is 1. The van der Waals surface area contributed by atoms with Crippen molar-refractivity contribution in [2.45, 2.75) is 25.8 Å². The Balaban J connectivity index is 2.04. The van der Waals surface area contributed by atoms with Crippen LogP contribution in [0.1, 0.15) is 19.8 Å². The van der Waals surface area contributed by atoms with Gasteiger partial charge in [-0.1, -0.05) is 6.92 Å². The van der Waals surface area contributed by atoms with Crippen molar-refractivity contribution in [1.82, 2.24) is 21.1 Å². The molecule has 0 aromatic heterocycles. The molecule has 2 unspecified atom stereocenters. The van der Waals surface area contributed by atoms with Crippen LogP contribution in [0.25, 0.3) is 0 Å². The fraction of sp³-hybridized carbons (Fsp3) is 0.615. The number of nitrogens with one attached hydrogen (secondary N) is 3. The van der Waals surface area contributed by atoms with Gasteiger partial charge in [0.2, 0.25) is 5.91 Å². The molecule has 2 aliphatic rings. The van der Waals surface area contributed by atoms with Crippen LogP contribution in [-0.2, 0) is 4.79 Å². The lowest BCUT2D eigenvalue weighted by molar-refractivity contribution is -0.133. The second kappa shape index (κ2) is 5.91. The molecule has 0 radical (unpaired) electrons. The first-order chi connectivity index (χ1) is 8.72. The van der Waals surface area contributed by atoms with Gasteiger partial charge >= 0.3 is 0 Å². The summed E-state index contributed by atoms with van der Waals surface area (Å²) in [7, 11) is 1.87. The average molecular weight is 250 g/mol. The van der Waals surface area contributed by atoms with Crippen molar-refractivity contribution < 1.29 is 4.79 Å². The zero-order chi connectivity index (χ0) is 13.0. The Labute approximate surface area is 108 Å². The van der Waals surface area contributed by atoms with E-state index < -0.39 is 0 Å². The van der Waals surface area contributed by atoms with E-state index in [1.807, 2.05) is 30.3 Å². The predicted molar refractivity (Wildman–Crippen MR) is 71.3 cm³/mol. The molecule has 0 saturated carbocycles. The molecule has 5 nitrogen and oxygen atoms in total. The van der Waals surface area contributed by atoms with Crippen molar-refractivity contribution in [3.05, 3.63) is 24.0 Å². The minimum atomic E-state index is -0.0554. The summed E-state index contributed by atoms with van der Waals surface area (Å²) >= 11 is 0. The molecule has 0 aromatic rings. The summed E-state index contributed by atoms with van der Waals surface area (Å²) in [6.07, 6.45) is 7.92. The van der Waals surface area contributed by atoms with Crippen LogP contribution in [0.2, 0.25) is 0 Å². The lowest BCUT2D eigenvalue weighted by Crippen LogP contribution is -2.48. The highest BCUT2D eigenvalue weighted by atomic mass is 16.2. The number of carbonyl (C=O) groups is 1. The molecule has 2 aliphatic heterocycles. The fourth-order valence-corrected chi connectivity index (χ4v) is 2.57. The SMILES string of the molecule is CNC1C(=O)N(CC2=CC=CNN2)CCCC1C. The van der Waals surface area contributed by atoms with Gasteiger partial charge in [-0.2, -0.15) is 0 Å². The molecule has 2 rings (SSSR count). The molecule has 1 amide bonds. The van der Waals surface area contributed by atoms with Crippen LogP contribution in [-0.4, -0.2) is 37.0 Å². The molecular formula is C13H22N4O. The highest BCUT2D eigenvalue weighted by molar-refractivity contribution is 5.82. The van der Waals surface area contributed by atoms with E-state index in [2.05, 4.69) is 23.1 Å². The van der Waals surface area contributed by atoms with Crippen molar-refractivity contribution in [2.24, 2.45) is 5.92 Å². The largest absolute Gasteiger partial charge is 0.335 e. The molecule has 3 N–H and O–H groups in total. The second-order valence-corrected chi connectivity index (χ2v) is 4.97. The number of nitrogens with zero attached hydrogens (tertiary/aromatic N) is 1. The normalized spacial score (nSPS) is 28.2. The van der Waals surface area contributed by atoms with Crippen LogP contribution in [0.4, 0.5) is 0 Å². The first-order valence-electron chi connectivity index (χ1n) is 6.55. The summed E-state index contributed by atoms with van der Waals surface area (Å²) < 4.78 is 0. The lowest BCUT2D eigenvalue weighted by atomic mass is 9.98. The quantitative estimate of drug-likeness (QED) is 0.676. The van der Waals surface area contributed by atoms with E-state index in [9.17, 15) is 4.79 Å². The zero-order valence-electron chi connectivity index (χ0n) is 11.1. The predicted octanol–water partition coefficient (Wildman–Crippen LogP) is 0.338. The highest BCUT2D eigenvalue weighted by Gasteiger charge is 2.30. The van der Waals surface area contributed by atoms with E-state index in [4.69, 9.17) is 0 Å². The minimum absolute atomic E-state index is 0.0554. The van der Waals surface area contributed by atoms with Gasteiger partial charge in [0.05, 0.1) is 18.3 Å². The van der Waals surface area contributed by atoms with Crippen molar-refractivity contribution in [3.63, 3.8) is 0 Å². The van der Waals surface area contributed by atoms with Crippen LogP contribution >= 0.6 is 0 Å². The molecule has 0 spiro atoms. The van der Waals surface area contributed by atoms with Crippen LogP contribution in [0.3, 0.4) is 0 Å². The van der Waals surface area contributed by atoms with Gasteiger partial charge in [-0.25, -0.2) is 0 Å². The fourth-order valence-electron chi connectivity index (χ4n) is 2.57. The average Bonchev–Trinajstić information content (AvgIpc) is 2.51. The Bertz CT molecular complexity index is 364. The second-order valence-electron chi connectivity index (χ2n) is 4.97. The Kier molecular flexibility index (Phi) is 4.25. The van der Waals surface area contributed by atoms with Gasteiger partial charge in [-0.3, -0.25) is 4.79 Å². The van der Waals surface area contributed by atoms with Crippen molar-refractivity contribution in [1.29, 1.82) is 0 Å². The van der Waals surface area contributed by atoms with E-state index in [0.717, 1.165) is 25.1 Å². The van der Waals surface area contributed by atoms with Crippen LogP contribution in [0, 0.1) is 5.92 Å². The topological polar surface area (TPSA) is 56.4 Å². The molecular weight excluding hydrogens is 228 g/mol. The monoisotopic (exact) mass is 250 g/mol. The Morgan fingerprint density at radius 2 is 2.39 bits per heavy atom. The van der Waals surface area contributed by atoms with Gasteiger partial charge < -0.3 is 21.1 Å². The van der Waals surface area contributed by atoms with E-state index in [-0.39, 0.29) is 11.9 Å². The summed E-state index contributed by atoms with van der Waals surface area (Å²) in [5.74, 6) is 0.610. The smallest absolute Gasteiger partial charge is 0.240 e. The van der Waals surface area contributed by atoms with Crippen molar-refractivity contribution >= 4 is 5.91 Å². The third kappa shape index (κ3) is 2.85. The maximum absolute atomic E-state index is 12.4. The number of allylic oxidation sites excluding steroid dienone is 2. The number of likely N-dealkylation sites (N-methyl/N-ethyl adjacent to an activating group) is 1. The molecule has 0 aliphatic carbocycles. The molecule has 5 heteroatoms. The number of likely N-dealkylation sites (tertiary alicyclic amines) is 1. The molecule has 0 bridgehead atoms. The highest BCUT2D eigenvalue weighted by Crippen LogP contribution is 2.19. The van der Waals surface area contributed by atoms with E-state index in [1.54, 1.807) is 0 Å². The summed E-state index contributed by atoms with van der Waals surface area (Å²) in [4.78, 5) is 14.4. The molecule has 0 aromatic carbocycles. The molecule has 18 heavy (non-hydrogen) atoms. The molecule has 2 atom stereocenters. The summed E-state index contributed by atoms with van der Waals surface area (Å²) in [5.41, 5.74) is 7.02. The maximum Gasteiger partial charge on any atom is 0.240 e. The number of hydrogen-bond donors (Lipinski definition) is 3. The zero-order valence-corrected chi connectivity index (χ0v) is 11.1. The Morgan fingerprint density at radius 3 is 3.06 bits per heavy atom. The first-order valence-corrected chi connectivity index (χ1v) is 6.55. The first kappa shape index (κ1) is 13.0. The number of hydrogen-bond acceptors (Lipinski definition) is 4. The van der Waals surface area contributed by atoms with Crippen LogP contribution < -0.4 is 16.2 Å². The van der Waals surface area contributed by atoms with Crippen LogP contribution in [0.15, 0.2) is 24.0 Å². The van der Waals surface area contributed by atoms with Gasteiger partial charge in [0.1, 0.15) is 0 Å². The van der Waals surface area contributed by atoms with Gasteiger partial charge in [0.25, 0.3) is 0 Å². The van der Waals surface area contributed by atoms with Gasteiger partial charge in [0.15, 0.2) is 0 Å². The third-order valence-electron chi connectivity index (χ3n) is 3.62. The Morgan fingerprint density at radius 1 is 1.56 bits per heavy atom. The summed E-state index contributed by atoms with van der Waals surface area (Å²) in [5, 5.41) is 3.15. The van der Waals surface area contributed by atoms with Crippen molar-refractivity contribution in [2.75, 3.05) is 20.1 Å². The molecule has 2 heterocycles. The summed E-state index contributed by atoms with van der Waals surface area (Å²) in [6.45, 7) is 3.62. The molecule has 1 fully saturated rings. The van der Waals surface area contributed by atoms with Crippen molar-refractivity contribution in [3.8, 4) is 0 Å².